The van der Waals surface area contributed by atoms with Crippen molar-refractivity contribution in [2.75, 3.05) is 5.32 Å². The Bertz CT molecular complexity index is 616. The summed E-state index contributed by atoms with van der Waals surface area (Å²) in [6.45, 7) is 3.66. The number of carbonyl (C=O) groups is 1. The molecule has 104 valence electrons. The van der Waals surface area contributed by atoms with Gasteiger partial charge in [0.2, 0.25) is 5.91 Å². The highest BCUT2D eigenvalue weighted by atomic mass is 32.1. The summed E-state index contributed by atoms with van der Waals surface area (Å²) in [5.41, 5.74) is 8.69. The second-order valence-electron chi connectivity index (χ2n) is 4.54. The molecule has 1 heterocycles. The van der Waals surface area contributed by atoms with Gasteiger partial charge in [-0.3, -0.25) is 9.89 Å². The molecule has 6 heteroatoms. The fourth-order valence-electron chi connectivity index (χ4n) is 2.02. The number of rotatable bonds is 4. The van der Waals surface area contributed by atoms with Gasteiger partial charge in [0.05, 0.1) is 22.1 Å². The Hall–Kier alpha value is -2.21. The molecule has 1 aromatic carbocycles. The van der Waals surface area contributed by atoms with Crippen molar-refractivity contribution in [3.05, 3.63) is 47.3 Å². The van der Waals surface area contributed by atoms with Gasteiger partial charge in [-0.25, -0.2) is 0 Å². The highest BCUT2D eigenvalue weighted by Crippen LogP contribution is 2.21. The Kier molecular flexibility index (Phi) is 4.14. The molecule has 0 aliphatic heterocycles. The lowest BCUT2D eigenvalue weighted by molar-refractivity contribution is -0.116. The Balaban J connectivity index is 2.28. The predicted molar refractivity (Wildman–Crippen MR) is 82.7 cm³/mol. The second-order valence-corrected chi connectivity index (χ2v) is 5.02. The number of aromatic amines is 1. The molecule has 0 saturated carbocycles. The maximum atomic E-state index is 12.4. The van der Waals surface area contributed by atoms with E-state index in [9.17, 15) is 4.79 Å². The van der Waals surface area contributed by atoms with Crippen LogP contribution in [0, 0.1) is 13.8 Å². The van der Waals surface area contributed by atoms with Crippen LogP contribution in [0.5, 0.6) is 0 Å². The molecule has 0 bridgehead atoms. The van der Waals surface area contributed by atoms with Crippen LogP contribution in [-0.2, 0) is 4.79 Å². The molecule has 0 aliphatic rings. The van der Waals surface area contributed by atoms with E-state index in [0.717, 1.165) is 17.0 Å². The number of hydrogen-bond acceptors (Lipinski definition) is 3. The fourth-order valence-corrected chi connectivity index (χ4v) is 2.26. The smallest absolute Gasteiger partial charge is 0.238 e. The van der Waals surface area contributed by atoms with E-state index >= 15 is 0 Å². The minimum absolute atomic E-state index is 0.146. The van der Waals surface area contributed by atoms with E-state index in [0.29, 0.717) is 5.69 Å². The molecule has 0 radical (unpaired) electrons. The number of nitrogens with one attached hydrogen (secondary N) is 2. The van der Waals surface area contributed by atoms with Gasteiger partial charge in [0, 0.05) is 0 Å². The summed E-state index contributed by atoms with van der Waals surface area (Å²) in [5.74, 6) is -0.906. The van der Waals surface area contributed by atoms with Crippen LogP contribution in [-0.4, -0.2) is 21.1 Å². The normalized spacial score (nSPS) is 11.9. The van der Waals surface area contributed by atoms with Crippen LogP contribution >= 0.6 is 12.2 Å². The summed E-state index contributed by atoms with van der Waals surface area (Å²) in [5, 5.41) is 9.70. The average Bonchev–Trinajstić information content (AvgIpc) is 2.71. The van der Waals surface area contributed by atoms with Gasteiger partial charge in [0.1, 0.15) is 5.92 Å². The SMILES string of the molecule is Cc1n[nH]c(C)c1NC(=O)C(C(N)=S)c1ccccc1. The van der Waals surface area contributed by atoms with E-state index in [1.54, 1.807) is 0 Å². The lowest BCUT2D eigenvalue weighted by Crippen LogP contribution is -2.31. The maximum absolute atomic E-state index is 12.4. The van der Waals surface area contributed by atoms with E-state index in [1.807, 2.05) is 44.2 Å². The molecule has 5 nitrogen and oxygen atoms in total. The number of hydrogen-bond donors (Lipinski definition) is 3. The molecule has 20 heavy (non-hydrogen) atoms. The molecule has 2 rings (SSSR count). The third kappa shape index (κ3) is 2.85. The number of carbonyl (C=O) groups excluding carboxylic acids is 1. The molecule has 0 spiro atoms. The molecule has 1 amide bonds. The third-order valence-electron chi connectivity index (χ3n) is 3.06. The Morgan fingerprint density at radius 3 is 2.50 bits per heavy atom. The lowest BCUT2D eigenvalue weighted by atomic mass is 9.98. The van der Waals surface area contributed by atoms with Crippen molar-refractivity contribution in [2.24, 2.45) is 5.73 Å². The quantitative estimate of drug-likeness (QED) is 0.752. The van der Waals surface area contributed by atoms with Gasteiger partial charge >= 0.3 is 0 Å². The summed E-state index contributed by atoms with van der Waals surface area (Å²) in [6, 6.07) is 9.24. The number of aromatic nitrogens is 2. The number of amides is 1. The van der Waals surface area contributed by atoms with Crippen LogP contribution in [0.1, 0.15) is 22.9 Å². The summed E-state index contributed by atoms with van der Waals surface area (Å²) in [4.78, 5) is 12.6. The topological polar surface area (TPSA) is 83.8 Å². The molecule has 0 saturated heterocycles. The van der Waals surface area contributed by atoms with Gasteiger partial charge in [-0.1, -0.05) is 42.5 Å². The molecular formula is C14H16N4OS. The Morgan fingerprint density at radius 1 is 1.35 bits per heavy atom. The highest BCUT2D eigenvalue weighted by Gasteiger charge is 2.24. The molecule has 2 aromatic rings. The van der Waals surface area contributed by atoms with Crippen LogP contribution in [0.25, 0.3) is 0 Å². The number of H-pyrrole nitrogens is 1. The molecule has 0 fully saturated rings. The summed E-state index contributed by atoms with van der Waals surface area (Å²) < 4.78 is 0. The van der Waals surface area contributed by atoms with Crippen LogP contribution in [0.3, 0.4) is 0 Å². The first-order valence-corrected chi connectivity index (χ1v) is 6.58. The van der Waals surface area contributed by atoms with Crippen LogP contribution in [0.2, 0.25) is 0 Å². The number of nitrogens with zero attached hydrogens (tertiary/aromatic N) is 1. The standard InChI is InChI=1S/C14H16N4OS/c1-8-12(9(2)18-17-8)16-14(19)11(13(15)20)10-6-4-3-5-7-10/h3-7,11H,1-2H3,(H2,15,20)(H,16,19)(H,17,18). The first-order valence-electron chi connectivity index (χ1n) is 6.17. The van der Waals surface area contributed by atoms with Gasteiger partial charge in [-0.2, -0.15) is 5.10 Å². The number of anilines is 1. The summed E-state index contributed by atoms with van der Waals surface area (Å²) in [6.07, 6.45) is 0. The van der Waals surface area contributed by atoms with Crippen molar-refractivity contribution in [2.45, 2.75) is 19.8 Å². The number of thiocarbonyl (C=S) groups is 1. The molecule has 1 unspecified atom stereocenters. The van der Waals surface area contributed by atoms with Gasteiger partial charge in [0.15, 0.2) is 0 Å². The van der Waals surface area contributed by atoms with Crippen molar-refractivity contribution in [3.63, 3.8) is 0 Å². The summed E-state index contributed by atoms with van der Waals surface area (Å²) in [7, 11) is 0. The number of benzene rings is 1. The van der Waals surface area contributed by atoms with Gasteiger partial charge in [-0.15, -0.1) is 0 Å². The average molecular weight is 288 g/mol. The van der Waals surface area contributed by atoms with Crippen molar-refractivity contribution < 1.29 is 4.79 Å². The monoisotopic (exact) mass is 288 g/mol. The molecule has 0 aliphatic carbocycles. The molecule has 4 N–H and O–H groups in total. The van der Waals surface area contributed by atoms with Crippen molar-refractivity contribution in [1.29, 1.82) is 0 Å². The van der Waals surface area contributed by atoms with Crippen LogP contribution in [0.15, 0.2) is 30.3 Å². The number of nitrogens with two attached hydrogens (primary N) is 1. The van der Waals surface area contributed by atoms with Crippen molar-refractivity contribution in [1.82, 2.24) is 10.2 Å². The lowest BCUT2D eigenvalue weighted by Gasteiger charge is -2.16. The molecular weight excluding hydrogens is 272 g/mol. The zero-order valence-electron chi connectivity index (χ0n) is 11.3. The zero-order valence-corrected chi connectivity index (χ0v) is 12.1. The minimum Gasteiger partial charge on any atom is -0.392 e. The fraction of sp³-hybridized carbons (Fsp3) is 0.214. The first-order chi connectivity index (χ1) is 9.50. The third-order valence-corrected chi connectivity index (χ3v) is 3.29. The van der Waals surface area contributed by atoms with Crippen molar-refractivity contribution >= 4 is 28.8 Å². The maximum Gasteiger partial charge on any atom is 0.238 e. The first kappa shape index (κ1) is 14.2. The second kappa shape index (κ2) is 5.83. The van der Waals surface area contributed by atoms with Gasteiger partial charge in [0.25, 0.3) is 0 Å². The van der Waals surface area contributed by atoms with E-state index in [4.69, 9.17) is 18.0 Å². The van der Waals surface area contributed by atoms with E-state index in [1.165, 1.54) is 0 Å². The Labute approximate surface area is 122 Å². The molecule has 1 aromatic heterocycles. The Morgan fingerprint density at radius 2 is 2.00 bits per heavy atom. The van der Waals surface area contributed by atoms with E-state index in [2.05, 4.69) is 15.5 Å². The predicted octanol–water partition coefficient (Wildman–Crippen LogP) is 2.03. The highest BCUT2D eigenvalue weighted by molar-refractivity contribution is 7.80. The molecule has 1 atom stereocenters. The largest absolute Gasteiger partial charge is 0.392 e. The van der Waals surface area contributed by atoms with Gasteiger partial charge < -0.3 is 11.1 Å². The number of aryl methyl sites for hydroxylation is 2. The van der Waals surface area contributed by atoms with Gasteiger partial charge in [-0.05, 0) is 19.4 Å². The van der Waals surface area contributed by atoms with Crippen LogP contribution in [0.4, 0.5) is 5.69 Å². The van der Waals surface area contributed by atoms with Crippen molar-refractivity contribution in [3.8, 4) is 0 Å². The van der Waals surface area contributed by atoms with E-state index < -0.39 is 5.92 Å². The summed E-state index contributed by atoms with van der Waals surface area (Å²) >= 11 is 5.03. The van der Waals surface area contributed by atoms with E-state index in [-0.39, 0.29) is 10.9 Å². The zero-order chi connectivity index (χ0) is 14.7. The van der Waals surface area contributed by atoms with Crippen LogP contribution < -0.4 is 11.1 Å². The minimum atomic E-state index is -0.653.